The van der Waals surface area contributed by atoms with Gasteiger partial charge in [0.1, 0.15) is 31.0 Å². The summed E-state index contributed by atoms with van der Waals surface area (Å²) in [6, 6.07) is -0.163. The first-order valence-electron chi connectivity index (χ1n) is 11.7. The lowest BCUT2D eigenvalue weighted by Crippen LogP contribution is -2.35. The Hall–Kier alpha value is -0.890. The Kier molecular flexibility index (Phi) is 8.74. The summed E-state index contributed by atoms with van der Waals surface area (Å²) < 4.78 is 38.8. The van der Waals surface area contributed by atoms with Gasteiger partial charge in [0.15, 0.2) is 11.6 Å². The predicted molar refractivity (Wildman–Crippen MR) is 116 cm³/mol. The molecule has 5 N–H and O–H groups in total. The molecule has 8 atom stereocenters. The molecule has 2 aliphatic heterocycles. The lowest BCUT2D eigenvalue weighted by Gasteiger charge is -2.22. The molecule has 4 rings (SSSR count). The van der Waals surface area contributed by atoms with Gasteiger partial charge in [-0.1, -0.05) is 0 Å². The number of aliphatic hydroxyl groups excluding tert-OH is 1. The second-order valence-corrected chi connectivity index (χ2v) is 9.72. The minimum absolute atomic E-state index is 0.0212. The van der Waals surface area contributed by atoms with Crippen molar-refractivity contribution in [3.05, 3.63) is 0 Å². The third-order valence-electron chi connectivity index (χ3n) is 6.06. The minimum atomic E-state index is -0.640. The van der Waals surface area contributed by atoms with Crippen molar-refractivity contribution in [1.29, 1.82) is 0 Å². The highest BCUT2D eigenvalue weighted by atomic mass is 16.8. The van der Waals surface area contributed by atoms with Gasteiger partial charge in [-0.2, -0.15) is 0 Å². The van der Waals surface area contributed by atoms with E-state index in [1.807, 2.05) is 27.7 Å². The summed E-state index contributed by atoms with van der Waals surface area (Å²) in [5, 5.41) is 8.71. The van der Waals surface area contributed by atoms with Gasteiger partial charge in [-0.15, -0.1) is 0 Å². The lowest BCUT2D eigenvalue weighted by molar-refractivity contribution is -0.172. The monoisotopic (exact) mass is 476 g/mol. The fourth-order valence-electron chi connectivity index (χ4n) is 4.85. The maximum Gasteiger partial charge on any atom is 0.332 e. The van der Waals surface area contributed by atoms with Crippen molar-refractivity contribution in [2.75, 3.05) is 26.4 Å². The molecule has 0 aromatic rings. The molecular weight excluding hydrogens is 436 g/mol. The van der Waals surface area contributed by atoms with Crippen LogP contribution < -0.4 is 11.5 Å². The molecule has 11 heteroatoms. The summed E-state index contributed by atoms with van der Waals surface area (Å²) in [4.78, 5) is 11.3. The van der Waals surface area contributed by atoms with Crippen LogP contribution in [-0.4, -0.2) is 97.8 Å². The first kappa shape index (κ1) is 26.7. The van der Waals surface area contributed by atoms with E-state index in [0.29, 0.717) is 19.6 Å². The van der Waals surface area contributed by atoms with Gasteiger partial charge in [-0.05, 0) is 47.5 Å². The summed E-state index contributed by atoms with van der Waals surface area (Å²) >= 11 is 0. The number of ether oxygens (including phenoxy) is 7. The third kappa shape index (κ3) is 6.62. The second kappa shape index (κ2) is 10.8. The van der Waals surface area contributed by atoms with Crippen LogP contribution in [0.1, 0.15) is 47.5 Å². The SMILES string of the molecule is CC1(C)O[C@@H]2[C@H](O1)[C@@H](OCCO)C[C@H]2N.CCOC(=O)CO[C@H]1C[C@@H](N)[C@@H]2OC(C)(C)O[C@@H]21. The van der Waals surface area contributed by atoms with Gasteiger partial charge in [-0.3, -0.25) is 0 Å². The molecule has 4 fully saturated rings. The maximum absolute atomic E-state index is 11.3. The first-order chi connectivity index (χ1) is 15.5. The maximum atomic E-state index is 11.3. The van der Waals surface area contributed by atoms with E-state index in [4.69, 9.17) is 49.7 Å². The number of carbonyl (C=O) groups is 1. The van der Waals surface area contributed by atoms with E-state index in [2.05, 4.69) is 0 Å². The smallest absolute Gasteiger partial charge is 0.332 e. The predicted octanol–water partition coefficient (Wildman–Crippen LogP) is -0.199. The van der Waals surface area contributed by atoms with Crippen molar-refractivity contribution in [1.82, 2.24) is 0 Å². The van der Waals surface area contributed by atoms with Crippen LogP contribution in [-0.2, 0) is 38.0 Å². The van der Waals surface area contributed by atoms with Gasteiger partial charge in [0.05, 0.1) is 32.0 Å². The number of hydrogen-bond acceptors (Lipinski definition) is 11. The number of nitrogens with two attached hydrogens (primary N) is 2. The summed E-state index contributed by atoms with van der Waals surface area (Å²) in [7, 11) is 0. The Labute approximate surface area is 195 Å². The molecule has 0 unspecified atom stereocenters. The third-order valence-corrected chi connectivity index (χ3v) is 6.06. The van der Waals surface area contributed by atoms with E-state index in [9.17, 15) is 4.79 Å². The molecule has 0 aromatic heterocycles. The number of rotatable bonds is 7. The second-order valence-electron chi connectivity index (χ2n) is 9.72. The molecule has 11 nitrogen and oxygen atoms in total. The van der Waals surface area contributed by atoms with Crippen molar-refractivity contribution in [3.8, 4) is 0 Å². The first-order valence-corrected chi connectivity index (χ1v) is 11.7. The topological polar surface area (TPSA) is 154 Å². The molecule has 2 saturated carbocycles. The highest BCUT2D eigenvalue weighted by Crippen LogP contribution is 2.39. The van der Waals surface area contributed by atoms with E-state index in [0.717, 1.165) is 6.42 Å². The normalized spacial score (nSPS) is 40.1. The molecule has 33 heavy (non-hydrogen) atoms. The Morgan fingerprint density at radius 1 is 0.879 bits per heavy atom. The number of carbonyl (C=O) groups excluding carboxylic acids is 1. The number of fused-ring (bicyclic) bond motifs is 2. The van der Waals surface area contributed by atoms with Gasteiger partial charge < -0.3 is 49.7 Å². The largest absolute Gasteiger partial charge is 0.464 e. The molecule has 192 valence electrons. The van der Waals surface area contributed by atoms with Gasteiger partial charge >= 0.3 is 5.97 Å². The number of aliphatic hydroxyl groups is 1. The highest BCUT2D eigenvalue weighted by Gasteiger charge is 2.54. The lowest BCUT2D eigenvalue weighted by atomic mass is 10.2. The summed E-state index contributed by atoms with van der Waals surface area (Å²) in [5.74, 6) is -1.58. The van der Waals surface area contributed by atoms with Gasteiger partial charge in [-0.25, -0.2) is 4.79 Å². The Morgan fingerprint density at radius 2 is 1.33 bits per heavy atom. The minimum Gasteiger partial charge on any atom is -0.464 e. The molecule has 2 aliphatic carbocycles. The van der Waals surface area contributed by atoms with Gasteiger partial charge in [0, 0.05) is 12.1 Å². The van der Waals surface area contributed by atoms with E-state index < -0.39 is 11.6 Å². The molecule has 0 radical (unpaired) electrons. The Balaban J connectivity index is 0.000000189. The van der Waals surface area contributed by atoms with Crippen LogP contribution in [0.5, 0.6) is 0 Å². The van der Waals surface area contributed by atoms with E-state index >= 15 is 0 Å². The van der Waals surface area contributed by atoms with Crippen LogP contribution >= 0.6 is 0 Å². The van der Waals surface area contributed by atoms with Crippen LogP contribution in [0.25, 0.3) is 0 Å². The van der Waals surface area contributed by atoms with Crippen molar-refractivity contribution < 1.29 is 43.1 Å². The van der Waals surface area contributed by atoms with Crippen molar-refractivity contribution in [3.63, 3.8) is 0 Å². The molecular formula is C22H40N2O9. The Morgan fingerprint density at radius 3 is 1.79 bits per heavy atom. The van der Waals surface area contributed by atoms with E-state index in [-0.39, 0.29) is 67.9 Å². The summed E-state index contributed by atoms with van der Waals surface area (Å²) in [6.45, 7) is 9.83. The van der Waals surface area contributed by atoms with Crippen molar-refractivity contribution in [2.24, 2.45) is 11.5 Å². The van der Waals surface area contributed by atoms with Crippen LogP contribution in [0.4, 0.5) is 0 Å². The number of hydrogen-bond donors (Lipinski definition) is 3. The zero-order chi connectivity index (χ0) is 24.4. The zero-order valence-electron chi connectivity index (χ0n) is 20.2. The van der Waals surface area contributed by atoms with Gasteiger partial charge in [0.25, 0.3) is 0 Å². The average Bonchev–Trinajstić information content (AvgIpc) is 3.39. The average molecular weight is 477 g/mol. The highest BCUT2D eigenvalue weighted by molar-refractivity contribution is 5.70. The standard InChI is InChI=1S/C12H21NO5.C10H19NO4/c1-4-15-9(14)6-16-8-5-7(13)10-11(8)18-12(2,3)17-10;1-10(2)14-8-6(11)5-7(9(8)15-10)13-4-3-12/h7-8,10-11H,4-6,13H2,1-3H3;6-9,12H,3-5,11H2,1-2H3/t7-,8+,10+,11-;6-,7+,8+,9-/m11/s1. The van der Waals surface area contributed by atoms with Crippen LogP contribution in [0.3, 0.4) is 0 Å². The van der Waals surface area contributed by atoms with Crippen LogP contribution in [0.15, 0.2) is 0 Å². The number of esters is 1. The summed E-state index contributed by atoms with van der Waals surface area (Å²) in [5.41, 5.74) is 12.0. The van der Waals surface area contributed by atoms with Crippen LogP contribution in [0.2, 0.25) is 0 Å². The molecule has 4 aliphatic rings. The zero-order valence-corrected chi connectivity index (χ0v) is 20.2. The van der Waals surface area contributed by atoms with E-state index in [1.54, 1.807) is 6.92 Å². The van der Waals surface area contributed by atoms with Gasteiger partial charge in [0.2, 0.25) is 0 Å². The van der Waals surface area contributed by atoms with Crippen molar-refractivity contribution in [2.45, 2.75) is 108 Å². The quantitative estimate of drug-likeness (QED) is 0.419. The fraction of sp³-hybridized carbons (Fsp3) is 0.955. The molecule has 2 saturated heterocycles. The molecule has 0 bridgehead atoms. The Bertz CT molecular complexity index is 662. The van der Waals surface area contributed by atoms with Crippen LogP contribution in [0, 0.1) is 0 Å². The summed E-state index contributed by atoms with van der Waals surface area (Å²) in [6.07, 6.45) is 0.549. The molecule has 2 heterocycles. The van der Waals surface area contributed by atoms with E-state index in [1.165, 1.54) is 0 Å². The fourth-order valence-corrected chi connectivity index (χ4v) is 4.85. The molecule has 0 amide bonds. The molecule has 0 spiro atoms. The molecule has 0 aromatic carbocycles. The van der Waals surface area contributed by atoms with Crippen molar-refractivity contribution >= 4 is 5.97 Å².